The summed E-state index contributed by atoms with van der Waals surface area (Å²) in [6.45, 7) is 0.396. The molecule has 7 heteroatoms. The first kappa shape index (κ1) is 16.9. The lowest BCUT2D eigenvalue weighted by atomic mass is 10.2. The van der Waals surface area contributed by atoms with Crippen LogP contribution in [0.15, 0.2) is 0 Å². The van der Waals surface area contributed by atoms with Crippen molar-refractivity contribution >= 4 is 29.7 Å². The Hall–Kier alpha value is -1.08. The molecule has 0 radical (unpaired) electrons. The molecule has 0 aromatic heterocycles. The second-order valence-corrected chi connectivity index (χ2v) is 5.58. The molecule has 0 spiro atoms. The number of carbonyl (C=O) groups excluding carboxylic acids is 2. The van der Waals surface area contributed by atoms with Gasteiger partial charge in [0.25, 0.3) is 0 Å². The van der Waals surface area contributed by atoms with Gasteiger partial charge in [-0.1, -0.05) is 0 Å². The lowest BCUT2D eigenvalue weighted by Crippen LogP contribution is -2.43. The molecule has 0 fully saturated rings. The van der Waals surface area contributed by atoms with Crippen molar-refractivity contribution in [2.45, 2.75) is 25.4 Å². The molecule has 0 rings (SSSR count). The summed E-state index contributed by atoms with van der Waals surface area (Å²) in [5.74, 6) is -1.59. The summed E-state index contributed by atoms with van der Waals surface area (Å²) in [5, 5.41) is 8.35. The van der Waals surface area contributed by atoms with Gasteiger partial charge in [0, 0.05) is 6.42 Å². The summed E-state index contributed by atoms with van der Waals surface area (Å²) in [4.78, 5) is 32.7. The minimum atomic E-state index is -1.02. The Balaban J connectivity index is 4.35. The summed E-state index contributed by atoms with van der Waals surface area (Å²) in [6, 6.07) is 0. The van der Waals surface area contributed by atoms with E-state index < -0.39 is 23.2 Å². The van der Waals surface area contributed by atoms with E-state index in [0.717, 1.165) is 0 Å². The Kier molecular flexibility index (Phi) is 6.93. The van der Waals surface area contributed by atoms with Gasteiger partial charge >= 0.3 is 11.9 Å². The molecule has 104 valence electrons. The fourth-order valence-electron chi connectivity index (χ4n) is 1.40. The third kappa shape index (κ3) is 10.1. The largest absolute Gasteiger partial charge is 0.481 e. The molecular formula is C11H20NO5S+. The van der Waals surface area contributed by atoms with Crippen molar-refractivity contribution in [2.24, 2.45) is 0 Å². The van der Waals surface area contributed by atoms with Gasteiger partial charge in [0.2, 0.25) is 0 Å². The second-order valence-electron chi connectivity index (χ2n) is 5.08. The molecule has 0 heterocycles. The number of carboxylic acids is 1. The van der Waals surface area contributed by atoms with Gasteiger partial charge in [-0.2, -0.15) is 0 Å². The van der Waals surface area contributed by atoms with Gasteiger partial charge in [-0.15, -0.1) is 12.6 Å². The average molecular weight is 278 g/mol. The fraction of sp³-hybridized carbons (Fsp3) is 0.727. The van der Waals surface area contributed by atoms with E-state index in [2.05, 4.69) is 12.6 Å². The van der Waals surface area contributed by atoms with Crippen LogP contribution >= 0.6 is 12.6 Å². The van der Waals surface area contributed by atoms with Gasteiger partial charge in [0.15, 0.2) is 11.2 Å². The summed E-state index contributed by atoms with van der Waals surface area (Å²) in [7, 11) is 5.62. The van der Waals surface area contributed by atoms with Gasteiger partial charge < -0.3 is 14.3 Å². The summed E-state index contributed by atoms with van der Waals surface area (Å²) < 4.78 is 5.55. The summed E-state index contributed by atoms with van der Waals surface area (Å²) in [6.07, 6.45) is -1.01. The van der Waals surface area contributed by atoms with Crippen LogP contribution in [-0.2, 0) is 19.1 Å². The molecule has 0 aromatic rings. The molecule has 0 aromatic carbocycles. The topological polar surface area (TPSA) is 80.7 Å². The molecule has 0 bridgehead atoms. The Labute approximate surface area is 112 Å². The van der Waals surface area contributed by atoms with Crippen molar-refractivity contribution in [1.82, 2.24) is 0 Å². The van der Waals surface area contributed by atoms with Crippen molar-refractivity contribution in [3.8, 4) is 0 Å². The Morgan fingerprint density at radius 1 is 1.22 bits per heavy atom. The molecule has 0 aliphatic carbocycles. The number of carboxylic acid groups (broad SMARTS) is 1. The highest BCUT2D eigenvalue weighted by molar-refractivity contribution is 7.96. The smallest absolute Gasteiger partial charge is 0.307 e. The number of aliphatic carboxylic acids is 1. The zero-order chi connectivity index (χ0) is 14.3. The number of likely N-dealkylation sites (N-methyl/N-ethyl adjacent to an activating group) is 1. The maximum Gasteiger partial charge on any atom is 0.307 e. The maximum atomic E-state index is 11.4. The highest BCUT2D eigenvalue weighted by Crippen LogP contribution is 2.07. The Morgan fingerprint density at radius 2 is 1.78 bits per heavy atom. The van der Waals surface area contributed by atoms with E-state index in [9.17, 15) is 14.4 Å². The molecule has 1 unspecified atom stereocenters. The van der Waals surface area contributed by atoms with Crippen LogP contribution in [0.3, 0.4) is 0 Å². The molecule has 1 atom stereocenters. The van der Waals surface area contributed by atoms with Crippen molar-refractivity contribution in [3.63, 3.8) is 0 Å². The highest BCUT2D eigenvalue weighted by atomic mass is 32.1. The molecular weight excluding hydrogens is 258 g/mol. The minimum absolute atomic E-state index is 0.00783. The van der Waals surface area contributed by atoms with Crippen molar-refractivity contribution in [1.29, 1.82) is 0 Å². The normalized spacial score (nSPS) is 12.9. The van der Waals surface area contributed by atoms with Gasteiger partial charge in [-0.05, 0) is 0 Å². The zero-order valence-corrected chi connectivity index (χ0v) is 11.8. The molecule has 0 aliphatic rings. The van der Waals surface area contributed by atoms with Crippen LogP contribution in [0.4, 0.5) is 0 Å². The third-order valence-electron chi connectivity index (χ3n) is 1.99. The SMILES string of the molecule is C[N+](C)(C)CC(CC(=O)O)OC(=O)CCC(=O)S. The number of ether oxygens (including phenoxy) is 1. The quantitative estimate of drug-likeness (QED) is 0.379. The molecule has 18 heavy (non-hydrogen) atoms. The highest BCUT2D eigenvalue weighted by Gasteiger charge is 2.24. The maximum absolute atomic E-state index is 11.4. The number of hydrogen-bond donors (Lipinski definition) is 2. The number of hydrogen-bond acceptors (Lipinski definition) is 4. The zero-order valence-electron chi connectivity index (χ0n) is 10.9. The Morgan fingerprint density at radius 3 is 2.17 bits per heavy atom. The van der Waals surface area contributed by atoms with Gasteiger partial charge in [-0.3, -0.25) is 14.4 Å². The van der Waals surface area contributed by atoms with Crippen molar-refractivity contribution < 1.29 is 28.7 Å². The van der Waals surface area contributed by atoms with E-state index in [1.54, 1.807) is 0 Å². The molecule has 1 N–H and O–H groups in total. The lowest BCUT2D eigenvalue weighted by molar-refractivity contribution is -0.873. The molecule has 0 saturated heterocycles. The van der Waals surface area contributed by atoms with Crippen LogP contribution in [0.25, 0.3) is 0 Å². The van der Waals surface area contributed by atoms with E-state index in [0.29, 0.717) is 11.0 Å². The van der Waals surface area contributed by atoms with Gasteiger partial charge in [0.05, 0.1) is 34.0 Å². The molecule has 0 aliphatic heterocycles. The van der Waals surface area contributed by atoms with E-state index in [1.807, 2.05) is 21.1 Å². The fourth-order valence-corrected chi connectivity index (χ4v) is 1.51. The van der Waals surface area contributed by atoms with Crippen LogP contribution < -0.4 is 0 Å². The second kappa shape index (κ2) is 7.38. The third-order valence-corrected chi connectivity index (χ3v) is 2.22. The van der Waals surface area contributed by atoms with E-state index in [-0.39, 0.29) is 19.3 Å². The standard InChI is InChI=1S/C11H19NO5S/c1-12(2,3)7-8(6-9(13)14)17-10(15)4-5-11(16)18/h8H,4-7H2,1-3H3,(H-,13,14,16,18)/p+1. The first-order valence-corrected chi connectivity index (χ1v) is 5.98. The van der Waals surface area contributed by atoms with Crippen LogP contribution in [0.2, 0.25) is 0 Å². The monoisotopic (exact) mass is 278 g/mol. The average Bonchev–Trinajstić information content (AvgIpc) is 2.10. The lowest BCUT2D eigenvalue weighted by Gasteiger charge is -2.28. The van der Waals surface area contributed by atoms with E-state index in [1.165, 1.54) is 0 Å². The molecule has 6 nitrogen and oxygen atoms in total. The van der Waals surface area contributed by atoms with Crippen molar-refractivity contribution in [3.05, 3.63) is 0 Å². The van der Waals surface area contributed by atoms with Crippen LogP contribution in [0.1, 0.15) is 19.3 Å². The van der Waals surface area contributed by atoms with Crippen molar-refractivity contribution in [2.75, 3.05) is 27.7 Å². The first-order chi connectivity index (χ1) is 8.10. The van der Waals surface area contributed by atoms with Gasteiger partial charge in [-0.25, -0.2) is 0 Å². The number of carbonyl (C=O) groups is 3. The predicted octanol–water partition coefficient (Wildman–Crippen LogP) is 0.316. The number of quaternary nitrogens is 1. The Bertz CT molecular complexity index is 324. The molecule has 0 saturated carbocycles. The molecule has 0 amide bonds. The van der Waals surface area contributed by atoms with E-state index in [4.69, 9.17) is 9.84 Å². The van der Waals surface area contributed by atoms with Crippen LogP contribution in [0, 0.1) is 0 Å². The van der Waals surface area contributed by atoms with Crippen LogP contribution in [0.5, 0.6) is 0 Å². The number of rotatable bonds is 8. The van der Waals surface area contributed by atoms with Crippen LogP contribution in [-0.4, -0.2) is 60.4 Å². The van der Waals surface area contributed by atoms with Gasteiger partial charge in [0.1, 0.15) is 6.54 Å². The number of thiol groups is 1. The van der Waals surface area contributed by atoms with E-state index >= 15 is 0 Å². The summed E-state index contributed by atoms with van der Waals surface area (Å²) >= 11 is 3.54. The number of nitrogens with zero attached hydrogens (tertiary/aromatic N) is 1. The minimum Gasteiger partial charge on any atom is -0.481 e. The number of esters is 1. The first-order valence-electron chi connectivity index (χ1n) is 5.53. The predicted molar refractivity (Wildman–Crippen MR) is 68.3 cm³/mol. The summed E-state index contributed by atoms with van der Waals surface area (Å²) in [5.41, 5.74) is 0.